The van der Waals surface area contributed by atoms with Gasteiger partial charge in [-0.2, -0.15) is 4.98 Å². The number of nitrogens with one attached hydrogen (secondary N) is 1. The van der Waals surface area contributed by atoms with Crippen LogP contribution in [0.5, 0.6) is 0 Å². The topological polar surface area (TPSA) is 84.2 Å². The van der Waals surface area contributed by atoms with Gasteiger partial charge in [0.2, 0.25) is 17.6 Å². The first-order valence-corrected chi connectivity index (χ1v) is 10.4. The normalized spacial score (nSPS) is 16.4. The van der Waals surface area contributed by atoms with Crippen molar-refractivity contribution in [3.8, 4) is 11.5 Å². The summed E-state index contributed by atoms with van der Waals surface area (Å²) < 4.78 is 5.49. The number of anilines is 1. The third kappa shape index (κ3) is 4.52. The fraction of sp³-hybridized carbons (Fsp3) is 0.364. The molecule has 1 saturated heterocycles. The standard InChI is InChI=1S/C22H24ClN5O2/c1-14-6-7-17(23)13-19(14)25-21(29)15(2)28-11-8-16(9-12-28)22-26-20(27-30-22)18-5-3-4-10-24-18/h3-7,10,13,15-16H,8-9,11-12H2,1-2H3,(H,25,29). The molecule has 7 nitrogen and oxygen atoms in total. The molecule has 1 aromatic carbocycles. The van der Waals surface area contributed by atoms with Crippen molar-refractivity contribution in [3.05, 3.63) is 59.1 Å². The quantitative estimate of drug-likeness (QED) is 0.656. The molecule has 0 saturated carbocycles. The molecule has 3 heterocycles. The number of pyridine rings is 1. The number of aryl methyl sites for hydroxylation is 1. The predicted octanol–water partition coefficient (Wildman–Crippen LogP) is 4.30. The summed E-state index contributed by atoms with van der Waals surface area (Å²) in [4.78, 5) is 23.7. The SMILES string of the molecule is Cc1ccc(Cl)cc1NC(=O)C(C)N1CCC(c2nc(-c3ccccn3)no2)CC1. The number of carbonyl (C=O) groups excluding carboxylic acids is 1. The average Bonchev–Trinajstić information content (AvgIpc) is 3.27. The lowest BCUT2D eigenvalue weighted by Crippen LogP contribution is -2.45. The van der Waals surface area contributed by atoms with Crippen LogP contribution in [0.3, 0.4) is 0 Å². The van der Waals surface area contributed by atoms with E-state index in [1.54, 1.807) is 12.3 Å². The van der Waals surface area contributed by atoms with Gasteiger partial charge in [-0.1, -0.05) is 28.9 Å². The summed E-state index contributed by atoms with van der Waals surface area (Å²) in [6.07, 6.45) is 3.43. The molecule has 1 aliphatic rings. The van der Waals surface area contributed by atoms with Gasteiger partial charge in [-0.3, -0.25) is 14.7 Å². The molecule has 8 heteroatoms. The van der Waals surface area contributed by atoms with Crippen LogP contribution in [0.15, 0.2) is 47.1 Å². The van der Waals surface area contributed by atoms with E-state index in [1.165, 1.54) is 0 Å². The number of amides is 1. The molecule has 0 bridgehead atoms. The van der Waals surface area contributed by atoms with E-state index in [-0.39, 0.29) is 17.9 Å². The number of hydrogen-bond donors (Lipinski definition) is 1. The van der Waals surface area contributed by atoms with Gasteiger partial charge < -0.3 is 9.84 Å². The van der Waals surface area contributed by atoms with Gasteiger partial charge in [-0.15, -0.1) is 0 Å². The number of carbonyl (C=O) groups is 1. The molecule has 2 aromatic heterocycles. The first-order chi connectivity index (χ1) is 14.5. The number of piperidine rings is 1. The smallest absolute Gasteiger partial charge is 0.241 e. The fourth-order valence-electron chi connectivity index (χ4n) is 3.67. The third-order valence-corrected chi connectivity index (χ3v) is 5.83. The van der Waals surface area contributed by atoms with Crippen molar-refractivity contribution in [2.75, 3.05) is 18.4 Å². The van der Waals surface area contributed by atoms with Gasteiger partial charge in [0.05, 0.1) is 6.04 Å². The Bertz CT molecular complexity index is 1020. The summed E-state index contributed by atoms with van der Waals surface area (Å²) in [6, 6.07) is 10.9. The second-order valence-electron chi connectivity index (χ2n) is 7.61. The van der Waals surface area contributed by atoms with Crippen molar-refractivity contribution >= 4 is 23.2 Å². The van der Waals surface area contributed by atoms with Crippen LogP contribution in [0.25, 0.3) is 11.5 Å². The molecule has 4 rings (SSSR count). The zero-order valence-corrected chi connectivity index (χ0v) is 17.8. The van der Waals surface area contributed by atoms with Crippen molar-refractivity contribution in [2.24, 2.45) is 0 Å². The van der Waals surface area contributed by atoms with Gasteiger partial charge in [-0.25, -0.2) is 0 Å². The molecule has 30 heavy (non-hydrogen) atoms. The molecule has 0 radical (unpaired) electrons. The number of nitrogens with zero attached hydrogens (tertiary/aromatic N) is 4. The van der Waals surface area contributed by atoms with Crippen molar-refractivity contribution in [3.63, 3.8) is 0 Å². The van der Waals surface area contributed by atoms with Crippen LogP contribution in [0, 0.1) is 6.92 Å². The Morgan fingerprint density at radius 2 is 2.07 bits per heavy atom. The number of hydrogen-bond acceptors (Lipinski definition) is 6. The number of rotatable bonds is 5. The van der Waals surface area contributed by atoms with E-state index in [9.17, 15) is 4.79 Å². The lowest BCUT2D eigenvalue weighted by Gasteiger charge is -2.34. The summed E-state index contributed by atoms with van der Waals surface area (Å²) in [5.41, 5.74) is 2.44. The molecule has 3 aromatic rings. The van der Waals surface area contributed by atoms with Crippen molar-refractivity contribution in [1.82, 2.24) is 20.0 Å². The molecular weight excluding hydrogens is 402 g/mol. The van der Waals surface area contributed by atoms with E-state index >= 15 is 0 Å². The number of likely N-dealkylation sites (tertiary alicyclic amines) is 1. The Labute approximate surface area is 180 Å². The van der Waals surface area contributed by atoms with Gasteiger partial charge in [0.25, 0.3) is 0 Å². The second-order valence-corrected chi connectivity index (χ2v) is 8.04. The minimum Gasteiger partial charge on any atom is -0.339 e. The Kier molecular flexibility index (Phi) is 6.11. The monoisotopic (exact) mass is 425 g/mol. The van der Waals surface area contributed by atoms with Gasteiger partial charge >= 0.3 is 0 Å². The molecule has 1 unspecified atom stereocenters. The zero-order chi connectivity index (χ0) is 21.1. The van der Waals surface area contributed by atoms with E-state index in [0.717, 1.165) is 37.2 Å². The molecule has 156 valence electrons. The summed E-state index contributed by atoms with van der Waals surface area (Å²) in [6.45, 7) is 5.46. The van der Waals surface area contributed by atoms with Crippen LogP contribution in [-0.2, 0) is 4.79 Å². The minimum absolute atomic E-state index is 0.0333. The highest BCUT2D eigenvalue weighted by atomic mass is 35.5. The summed E-state index contributed by atoms with van der Waals surface area (Å²) in [5.74, 6) is 1.31. The lowest BCUT2D eigenvalue weighted by molar-refractivity contribution is -0.121. The van der Waals surface area contributed by atoms with Crippen LogP contribution >= 0.6 is 11.6 Å². The number of halogens is 1. The highest BCUT2D eigenvalue weighted by molar-refractivity contribution is 6.31. The van der Waals surface area contributed by atoms with Crippen molar-refractivity contribution < 1.29 is 9.32 Å². The van der Waals surface area contributed by atoms with Crippen LogP contribution in [0.2, 0.25) is 5.02 Å². The summed E-state index contributed by atoms with van der Waals surface area (Å²) >= 11 is 6.06. The highest BCUT2D eigenvalue weighted by Gasteiger charge is 2.30. The average molecular weight is 426 g/mol. The highest BCUT2D eigenvalue weighted by Crippen LogP contribution is 2.29. The van der Waals surface area contributed by atoms with E-state index in [0.29, 0.717) is 22.4 Å². The van der Waals surface area contributed by atoms with Crippen molar-refractivity contribution in [2.45, 2.75) is 38.6 Å². The third-order valence-electron chi connectivity index (χ3n) is 5.60. The first kappa shape index (κ1) is 20.5. The Morgan fingerprint density at radius 1 is 1.27 bits per heavy atom. The van der Waals surface area contributed by atoms with Crippen LogP contribution < -0.4 is 5.32 Å². The van der Waals surface area contributed by atoms with Crippen LogP contribution in [0.1, 0.15) is 37.1 Å². The minimum atomic E-state index is -0.240. The maximum absolute atomic E-state index is 12.7. The Morgan fingerprint density at radius 3 is 2.80 bits per heavy atom. The zero-order valence-electron chi connectivity index (χ0n) is 17.0. The first-order valence-electron chi connectivity index (χ1n) is 10.1. The van der Waals surface area contributed by atoms with Crippen LogP contribution in [0.4, 0.5) is 5.69 Å². The number of benzene rings is 1. The van der Waals surface area contributed by atoms with E-state index in [2.05, 4.69) is 25.3 Å². The Hall–Kier alpha value is -2.77. The lowest BCUT2D eigenvalue weighted by atomic mass is 9.95. The predicted molar refractivity (Wildman–Crippen MR) is 115 cm³/mol. The van der Waals surface area contributed by atoms with Crippen molar-refractivity contribution in [1.29, 1.82) is 0 Å². The molecule has 1 N–H and O–H groups in total. The van der Waals surface area contributed by atoms with Crippen LogP contribution in [-0.4, -0.2) is 45.1 Å². The molecule has 1 atom stereocenters. The maximum atomic E-state index is 12.7. The molecule has 1 amide bonds. The van der Waals surface area contributed by atoms with Gasteiger partial charge in [-0.05, 0) is 69.6 Å². The van der Waals surface area contributed by atoms with Gasteiger partial charge in [0.15, 0.2) is 0 Å². The van der Waals surface area contributed by atoms with E-state index in [4.69, 9.17) is 16.1 Å². The molecule has 0 aliphatic carbocycles. The fourth-order valence-corrected chi connectivity index (χ4v) is 3.84. The maximum Gasteiger partial charge on any atom is 0.241 e. The molecular formula is C22H24ClN5O2. The van der Waals surface area contributed by atoms with E-state index < -0.39 is 0 Å². The molecule has 0 spiro atoms. The van der Waals surface area contributed by atoms with Gasteiger partial charge in [0.1, 0.15) is 5.69 Å². The van der Waals surface area contributed by atoms with E-state index in [1.807, 2.05) is 44.2 Å². The second kappa shape index (κ2) is 8.93. The summed E-state index contributed by atoms with van der Waals surface area (Å²) in [5, 5.41) is 7.67. The Balaban J connectivity index is 1.34. The van der Waals surface area contributed by atoms with Gasteiger partial charge in [0, 0.05) is 22.8 Å². The summed E-state index contributed by atoms with van der Waals surface area (Å²) in [7, 11) is 0. The largest absolute Gasteiger partial charge is 0.339 e. The molecule has 1 aliphatic heterocycles. The number of aromatic nitrogens is 3. The molecule has 1 fully saturated rings.